The smallest absolute Gasteiger partial charge is 0.163 e. The molecule has 2 aromatic rings. The van der Waals surface area contributed by atoms with Gasteiger partial charge in [-0.25, -0.2) is 0 Å². The number of aldehydes is 1. The standard InChI is InChI=1S/C28H38O6/c1-6-8-13-32-22-16-21(28(4,5)19-29)17-23(18-22)33-14-9-15-34-26-12-11-24(20(3)30)27(31)25(26)10-7-2/h11-12,16-19,31H,6-10,13-15H2,1-5H3. The molecule has 1 N–H and O–H groups in total. The van der Waals surface area contributed by atoms with E-state index in [0.29, 0.717) is 61.0 Å². The highest BCUT2D eigenvalue weighted by molar-refractivity contribution is 5.97. The van der Waals surface area contributed by atoms with Crippen LogP contribution in [0.25, 0.3) is 0 Å². The summed E-state index contributed by atoms with van der Waals surface area (Å²) in [4.78, 5) is 23.3. The second-order valence-corrected chi connectivity index (χ2v) is 9.03. The van der Waals surface area contributed by atoms with Gasteiger partial charge in [-0.05, 0) is 63.4 Å². The van der Waals surface area contributed by atoms with Crippen molar-refractivity contribution in [2.45, 2.75) is 72.1 Å². The van der Waals surface area contributed by atoms with Crippen molar-refractivity contribution < 1.29 is 28.9 Å². The van der Waals surface area contributed by atoms with E-state index in [-0.39, 0.29) is 11.5 Å². The molecule has 0 amide bonds. The summed E-state index contributed by atoms with van der Waals surface area (Å²) in [6.45, 7) is 10.7. The summed E-state index contributed by atoms with van der Waals surface area (Å²) in [6, 6.07) is 8.96. The van der Waals surface area contributed by atoms with Crippen molar-refractivity contribution in [3.8, 4) is 23.0 Å². The Hall–Kier alpha value is -3.02. The molecule has 0 spiro atoms. The molecular formula is C28H38O6. The number of rotatable bonds is 15. The summed E-state index contributed by atoms with van der Waals surface area (Å²) in [7, 11) is 0. The van der Waals surface area contributed by atoms with Gasteiger partial charge >= 0.3 is 0 Å². The van der Waals surface area contributed by atoms with Gasteiger partial charge in [-0.1, -0.05) is 26.7 Å². The SMILES string of the molecule is CCCCOc1cc(OCCCOc2ccc(C(C)=O)c(O)c2CCC)cc(C(C)(C)C=O)c1. The van der Waals surface area contributed by atoms with Crippen LogP contribution >= 0.6 is 0 Å². The molecule has 0 aliphatic heterocycles. The minimum Gasteiger partial charge on any atom is -0.507 e. The first-order valence-electron chi connectivity index (χ1n) is 12.1. The fourth-order valence-electron chi connectivity index (χ4n) is 3.47. The van der Waals surface area contributed by atoms with E-state index in [0.717, 1.165) is 31.1 Å². The van der Waals surface area contributed by atoms with Gasteiger partial charge in [0.05, 0.1) is 25.4 Å². The van der Waals surface area contributed by atoms with Gasteiger partial charge in [0, 0.05) is 23.5 Å². The van der Waals surface area contributed by atoms with Gasteiger partial charge in [0.25, 0.3) is 0 Å². The van der Waals surface area contributed by atoms with Crippen molar-refractivity contribution in [1.82, 2.24) is 0 Å². The van der Waals surface area contributed by atoms with Crippen LogP contribution < -0.4 is 14.2 Å². The summed E-state index contributed by atoms with van der Waals surface area (Å²) in [5.41, 5.74) is 1.17. The molecule has 2 rings (SSSR count). The number of phenolic OH excluding ortho intramolecular Hbond substituents is 1. The number of carbonyl (C=O) groups is 2. The third kappa shape index (κ3) is 7.51. The van der Waals surface area contributed by atoms with E-state index in [1.807, 2.05) is 39.0 Å². The van der Waals surface area contributed by atoms with E-state index in [2.05, 4.69) is 6.92 Å². The van der Waals surface area contributed by atoms with Gasteiger partial charge < -0.3 is 24.1 Å². The van der Waals surface area contributed by atoms with Crippen LogP contribution in [0.1, 0.15) is 81.8 Å². The number of Topliss-reactive ketones (excluding diaryl/α,β-unsaturated/α-hetero) is 1. The lowest BCUT2D eigenvalue weighted by atomic mass is 9.86. The molecule has 6 nitrogen and oxygen atoms in total. The van der Waals surface area contributed by atoms with Crippen molar-refractivity contribution in [2.75, 3.05) is 19.8 Å². The summed E-state index contributed by atoms with van der Waals surface area (Å²) >= 11 is 0. The maximum atomic E-state index is 11.7. The molecule has 0 aromatic heterocycles. The number of aromatic hydroxyl groups is 1. The van der Waals surface area contributed by atoms with Crippen LogP contribution in [0.15, 0.2) is 30.3 Å². The first-order chi connectivity index (χ1) is 16.2. The third-order valence-corrected chi connectivity index (χ3v) is 5.62. The Kier molecular flexibility index (Phi) is 10.4. The zero-order chi connectivity index (χ0) is 25.1. The molecule has 186 valence electrons. The number of hydrogen-bond donors (Lipinski definition) is 1. The Balaban J connectivity index is 2.02. The summed E-state index contributed by atoms with van der Waals surface area (Å²) < 4.78 is 17.7. The highest BCUT2D eigenvalue weighted by atomic mass is 16.5. The monoisotopic (exact) mass is 470 g/mol. The van der Waals surface area contributed by atoms with E-state index in [1.54, 1.807) is 12.1 Å². The maximum Gasteiger partial charge on any atom is 0.163 e. The predicted molar refractivity (Wildman–Crippen MR) is 134 cm³/mol. The number of phenols is 1. The number of ether oxygens (including phenoxy) is 3. The molecule has 0 saturated carbocycles. The Bertz CT molecular complexity index is 964. The molecule has 0 unspecified atom stereocenters. The van der Waals surface area contributed by atoms with Crippen molar-refractivity contribution in [3.63, 3.8) is 0 Å². The average Bonchev–Trinajstić information content (AvgIpc) is 2.80. The van der Waals surface area contributed by atoms with E-state index >= 15 is 0 Å². The minimum atomic E-state index is -0.644. The Morgan fingerprint density at radius 1 is 0.941 bits per heavy atom. The maximum absolute atomic E-state index is 11.7. The second kappa shape index (κ2) is 13.0. The highest BCUT2D eigenvalue weighted by Gasteiger charge is 2.21. The largest absolute Gasteiger partial charge is 0.507 e. The first-order valence-corrected chi connectivity index (χ1v) is 12.1. The number of hydrogen-bond acceptors (Lipinski definition) is 6. The van der Waals surface area contributed by atoms with Gasteiger partial charge in [-0.15, -0.1) is 0 Å². The molecule has 2 aromatic carbocycles. The number of ketones is 1. The van der Waals surface area contributed by atoms with Crippen molar-refractivity contribution in [3.05, 3.63) is 47.0 Å². The molecular weight excluding hydrogens is 432 g/mol. The van der Waals surface area contributed by atoms with Gasteiger partial charge in [0.15, 0.2) is 5.78 Å². The van der Waals surface area contributed by atoms with Crippen LogP contribution in [0.3, 0.4) is 0 Å². The van der Waals surface area contributed by atoms with E-state index in [1.165, 1.54) is 6.92 Å². The number of benzene rings is 2. The molecule has 34 heavy (non-hydrogen) atoms. The van der Waals surface area contributed by atoms with Crippen LogP contribution in [0.4, 0.5) is 0 Å². The van der Waals surface area contributed by atoms with Crippen molar-refractivity contribution in [1.29, 1.82) is 0 Å². The lowest BCUT2D eigenvalue weighted by Crippen LogP contribution is -2.19. The fourth-order valence-corrected chi connectivity index (χ4v) is 3.47. The Morgan fingerprint density at radius 2 is 1.56 bits per heavy atom. The summed E-state index contributed by atoms with van der Waals surface area (Å²) in [5.74, 6) is 1.76. The van der Waals surface area contributed by atoms with Crippen LogP contribution in [0.5, 0.6) is 23.0 Å². The van der Waals surface area contributed by atoms with Gasteiger partial charge in [0.2, 0.25) is 0 Å². The molecule has 0 bridgehead atoms. The number of carbonyl (C=O) groups excluding carboxylic acids is 2. The zero-order valence-electron chi connectivity index (χ0n) is 21.1. The molecule has 0 radical (unpaired) electrons. The molecule has 6 heteroatoms. The van der Waals surface area contributed by atoms with Crippen LogP contribution in [-0.2, 0) is 16.6 Å². The van der Waals surface area contributed by atoms with Crippen LogP contribution in [0, 0.1) is 0 Å². The molecule has 0 aliphatic carbocycles. The average molecular weight is 471 g/mol. The molecule has 0 atom stereocenters. The summed E-state index contributed by atoms with van der Waals surface area (Å²) in [6.07, 6.45) is 4.99. The third-order valence-electron chi connectivity index (χ3n) is 5.62. The zero-order valence-corrected chi connectivity index (χ0v) is 21.1. The highest BCUT2D eigenvalue weighted by Crippen LogP contribution is 2.33. The van der Waals surface area contributed by atoms with E-state index < -0.39 is 5.41 Å². The second-order valence-electron chi connectivity index (χ2n) is 9.03. The van der Waals surface area contributed by atoms with Gasteiger partial charge in [0.1, 0.15) is 29.3 Å². The van der Waals surface area contributed by atoms with Gasteiger partial charge in [-0.2, -0.15) is 0 Å². The lowest BCUT2D eigenvalue weighted by Gasteiger charge is -2.20. The molecule has 0 saturated heterocycles. The van der Waals surface area contributed by atoms with Crippen LogP contribution in [-0.4, -0.2) is 37.0 Å². The minimum absolute atomic E-state index is 0.00769. The summed E-state index contributed by atoms with van der Waals surface area (Å²) in [5, 5.41) is 10.5. The number of unbranched alkanes of at least 4 members (excludes halogenated alkanes) is 1. The first kappa shape index (κ1) is 27.2. The quantitative estimate of drug-likeness (QED) is 0.194. The molecule has 0 fully saturated rings. The predicted octanol–water partition coefficient (Wildman–Crippen LogP) is 6.05. The van der Waals surface area contributed by atoms with Crippen LogP contribution in [0.2, 0.25) is 0 Å². The fraction of sp³-hybridized carbons (Fsp3) is 0.500. The lowest BCUT2D eigenvalue weighted by molar-refractivity contribution is -0.111. The molecule has 0 heterocycles. The van der Waals surface area contributed by atoms with E-state index in [9.17, 15) is 14.7 Å². The van der Waals surface area contributed by atoms with Gasteiger partial charge in [-0.3, -0.25) is 4.79 Å². The Morgan fingerprint density at radius 3 is 2.12 bits per heavy atom. The van der Waals surface area contributed by atoms with Crippen molar-refractivity contribution in [2.24, 2.45) is 0 Å². The van der Waals surface area contributed by atoms with Crippen molar-refractivity contribution >= 4 is 12.1 Å². The molecule has 0 aliphatic rings. The Labute approximate surface area is 203 Å². The normalized spacial score (nSPS) is 11.2. The topological polar surface area (TPSA) is 82.1 Å². The van der Waals surface area contributed by atoms with E-state index in [4.69, 9.17) is 14.2 Å².